The fourth-order valence-corrected chi connectivity index (χ4v) is 2.15. The van der Waals surface area contributed by atoms with Crippen LogP contribution in [0.25, 0.3) is 0 Å². The van der Waals surface area contributed by atoms with Gasteiger partial charge in [0.2, 0.25) is 0 Å². The molecule has 0 spiro atoms. The van der Waals surface area contributed by atoms with E-state index in [4.69, 9.17) is 10.8 Å². The number of carboxylic acid groups (broad SMARTS) is 1. The van der Waals surface area contributed by atoms with Gasteiger partial charge < -0.3 is 10.8 Å². The molecular weight excluding hydrogens is 186 g/mol. The van der Waals surface area contributed by atoms with Crippen LogP contribution in [0.5, 0.6) is 0 Å². The van der Waals surface area contributed by atoms with Crippen molar-refractivity contribution in [2.24, 2.45) is 5.73 Å². The Morgan fingerprint density at radius 1 is 1.77 bits per heavy atom. The Bertz CT molecular complexity index is 296. The molecule has 0 saturated carbocycles. The average Bonchev–Trinajstić information content (AvgIpc) is 2.34. The summed E-state index contributed by atoms with van der Waals surface area (Å²) in [7, 11) is 0. The Labute approximate surface area is 81.2 Å². The zero-order chi connectivity index (χ0) is 9.84. The van der Waals surface area contributed by atoms with Gasteiger partial charge in [-0.25, -0.2) is 0 Å². The number of nitrogens with two attached hydrogens (primary N) is 1. The third-order valence-corrected chi connectivity index (χ3v) is 2.90. The van der Waals surface area contributed by atoms with E-state index in [0.717, 1.165) is 0 Å². The monoisotopic (exact) mass is 199 g/mol. The molecule has 0 aromatic carbocycles. The van der Waals surface area contributed by atoms with Gasteiger partial charge in [-0.3, -0.25) is 4.79 Å². The molecule has 0 aliphatic rings. The first kappa shape index (κ1) is 10.2. The number of carboxylic acids is 1. The number of aryl methyl sites for hydroxylation is 1. The van der Waals surface area contributed by atoms with Gasteiger partial charge in [0.15, 0.2) is 0 Å². The van der Waals surface area contributed by atoms with Crippen LogP contribution >= 0.6 is 11.3 Å². The fourth-order valence-electron chi connectivity index (χ4n) is 1.15. The maximum absolute atomic E-state index is 10.3. The Morgan fingerprint density at radius 2 is 2.46 bits per heavy atom. The number of carbonyl (C=O) groups is 1. The van der Waals surface area contributed by atoms with E-state index in [0.29, 0.717) is 6.42 Å². The molecule has 1 aromatic heterocycles. The summed E-state index contributed by atoms with van der Waals surface area (Å²) in [6, 6.07) is 1.75. The molecule has 0 amide bonds. The van der Waals surface area contributed by atoms with Gasteiger partial charge in [0.1, 0.15) is 0 Å². The number of thiophene rings is 1. The van der Waals surface area contributed by atoms with Crippen molar-refractivity contribution in [3.63, 3.8) is 0 Å². The zero-order valence-corrected chi connectivity index (χ0v) is 8.30. The van der Waals surface area contributed by atoms with E-state index in [1.807, 2.05) is 18.4 Å². The van der Waals surface area contributed by atoms with Crippen LogP contribution in [0.1, 0.15) is 16.9 Å². The van der Waals surface area contributed by atoms with Gasteiger partial charge in [-0.15, -0.1) is 11.3 Å². The first-order chi connectivity index (χ1) is 6.09. The quantitative estimate of drug-likeness (QED) is 0.770. The summed E-state index contributed by atoms with van der Waals surface area (Å²) in [5.41, 5.74) is 6.86. The van der Waals surface area contributed by atoms with Crippen molar-refractivity contribution >= 4 is 17.3 Å². The topological polar surface area (TPSA) is 63.3 Å². The van der Waals surface area contributed by atoms with Crippen LogP contribution in [-0.4, -0.2) is 17.1 Å². The second-order valence-electron chi connectivity index (χ2n) is 3.09. The highest BCUT2D eigenvalue weighted by Gasteiger charge is 2.10. The Balaban J connectivity index is 2.49. The molecule has 4 heteroatoms. The lowest BCUT2D eigenvalue weighted by Gasteiger charge is -2.07. The Morgan fingerprint density at radius 3 is 2.92 bits per heavy atom. The molecule has 0 saturated heterocycles. The summed E-state index contributed by atoms with van der Waals surface area (Å²) >= 11 is 1.63. The molecule has 3 nitrogen and oxygen atoms in total. The highest BCUT2D eigenvalue weighted by atomic mass is 32.1. The molecule has 0 aliphatic carbocycles. The van der Waals surface area contributed by atoms with Crippen molar-refractivity contribution in [3.8, 4) is 0 Å². The molecule has 72 valence electrons. The van der Waals surface area contributed by atoms with Crippen molar-refractivity contribution in [1.29, 1.82) is 0 Å². The lowest BCUT2D eigenvalue weighted by Crippen LogP contribution is -2.25. The maximum Gasteiger partial charge on any atom is 0.304 e. The predicted molar refractivity (Wildman–Crippen MR) is 53.0 cm³/mol. The van der Waals surface area contributed by atoms with E-state index in [9.17, 15) is 4.79 Å². The van der Waals surface area contributed by atoms with E-state index < -0.39 is 5.97 Å². The molecule has 1 aromatic rings. The molecule has 0 radical (unpaired) electrons. The minimum absolute atomic E-state index is 0.0390. The summed E-state index contributed by atoms with van der Waals surface area (Å²) < 4.78 is 0. The van der Waals surface area contributed by atoms with Gasteiger partial charge in [0.05, 0.1) is 6.42 Å². The van der Waals surface area contributed by atoms with Crippen LogP contribution < -0.4 is 5.73 Å². The largest absolute Gasteiger partial charge is 0.481 e. The number of rotatable bonds is 4. The predicted octanol–water partition coefficient (Wildman–Crippen LogP) is 1.40. The van der Waals surface area contributed by atoms with Crippen molar-refractivity contribution in [1.82, 2.24) is 0 Å². The van der Waals surface area contributed by atoms with E-state index in [-0.39, 0.29) is 12.5 Å². The molecule has 1 unspecified atom stereocenters. The standard InChI is InChI=1S/C9H13NO2S/c1-6-2-3-13-8(6)4-7(10)5-9(11)12/h2-3,7H,4-5,10H2,1H3,(H,11,12). The van der Waals surface area contributed by atoms with Crippen LogP contribution in [0, 0.1) is 6.92 Å². The highest BCUT2D eigenvalue weighted by molar-refractivity contribution is 7.10. The molecular formula is C9H13NO2S. The Kier molecular flexibility index (Phi) is 3.45. The summed E-state index contributed by atoms with van der Waals surface area (Å²) in [5.74, 6) is -0.832. The fraction of sp³-hybridized carbons (Fsp3) is 0.444. The summed E-state index contributed by atoms with van der Waals surface area (Å²) in [5, 5.41) is 10.5. The first-order valence-corrected chi connectivity index (χ1v) is 4.98. The molecule has 3 N–H and O–H groups in total. The van der Waals surface area contributed by atoms with Crippen molar-refractivity contribution in [3.05, 3.63) is 21.9 Å². The molecule has 1 heterocycles. The van der Waals surface area contributed by atoms with Crippen LogP contribution in [0.2, 0.25) is 0 Å². The maximum atomic E-state index is 10.3. The van der Waals surface area contributed by atoms with E-state index >= 15 is 0 Å². The second kappa shape index (κ2) is 4.39. The number of aliphatic carboxylic acids is 1. The van der Waals surface area contributed by atoms with Gasteiger partial charge in [-0.05, 0) is 30.4 Å². The van der Waals surface area contributed by atoms with Gasteiger partial charge in [0, 0.05) is 10.9 Å². The van der Waals surface area contributed by atoms with Crippen LogP contribution in [0.4, 0.5) is 0 Å². The van der Waals surface area contributed by atoms with Crippen molar-refractivity contribution in [2.45, 2.75) is 25.8 Å². The summed E-state index contributed by atoms with van der Waals surface area (Å²) in [6.45, 7) is 2.01. The third kappa shape index (κ3) is 3.16. The molecule has 0 aliphatic heterocycles. The van der Waals surface area contributed by atoms with Crippen molar-refractivity contribution in [2.75, 3.05) is 0 Å². The highest BCUT2D eigenvalue weighted by Crippen LogP contribution is 2.17. The van der Waals surface area contributed by atoms with E-state index in [1.165, 1.54) is 10.4 Å². The number of hydrogen-bond donors (Lipinski definition) is 2. The minimum atomic E-state index is -0.832. The van der Waals surface area contributed by atoms with Gasteiger partial charge >= 0.3 is 5.97 Å². The van der Waals surface area contributed by atoms with Crippen LogP contribution in [0.3, 0.4) is 0 Å². The molecule has 0 bridgehead atoms. The van der Waals surface area contributed by atoms with E-state index in [2.05, 4.69) is 0 Å². The van der Waals surface area contributed by atoms with Gasteiger partial charge in [-0.1, -0.05) is 0 Å². The second-order valence-corrected chi connectivity index (χ2v) is 4.09. The van der Waals surface area contributed by atoms with E-state index in [1.54, 1.807) is 11.3 Å². The summed E-state index contributed by atoms with van der Waals surface area (Å²) in [4.78, 5) is 11.5. The SMILES string of the molecule is Cc1ccsc1CC(N)CC(=O)O. The van der Waals surface area contributed by atoms with Gasteiger partial charge in [0.25, 0.3) is 0 Å². The van der Waals surface area contributed by atoms with Crippen LogP contribution in [-0.2, 0) is 11.2 Å². The smallest absolute Gasteiger partial charge is 0.304 e. The lowest BCUT2D eigenvalue weighted by atomic mass is 10.1. The zero-order valence-electron chi connectivity index (χ0n) is 7.49. The molecule has 0 fully saturated rings. The van der Waals surface area contributed by atoms with Gasteiger partial charge in [-0.2, -0.15) is 0 Å². The minimum Gasteiger partial charge on any atom is -0.481 e. The molecule has 13 heavy (non-hydrogen) atoms. The molecule has 1 atom stereocenters. The average molecular weight is 199 g/mol. The normalized spacial score (nSPS) is 12.8. The third-order valence-electron chi connectivity index (χ3n) is 1.85. The molecule has 1 rings (SSSR count). The Hall–Kier alpha value is -0.870. The van der Waals surface area contributed by atoms with Crippen LogP contribution in [0.15, 0.2) is 11.4 Å². The summed E-state index contributed by atoms with van der Waals surface area (Å²) in [6.07, 6.45) is 0.702. The van der Waals surface area contributed by atoms with Crippen molar-refractivity contribution < 1.29 is 9.90 Å². The lowest BCUT2D eigenvalue weighted by molar-refractivity contribution is -0.137. The first-order valence-electron chi connectivity index (χ1n) is 4.10. The number of hydrogen-bond acceptors (Lipinski definition) is 3.